The van der Waals surface area contributed by atoms with Crippen LogP contribution in [0.2, 0.25) is 0 Å². The van der Waals surface area contributed by atoms with E-state index in [2.05, 4.69) is 17.1 Å². The van der Waals surface area contributed by atoms with Gasteiger partial charge in [0.2, 0.25) is 0 Å². The zero-order valence-electron chi connectivity index (χ0n) is 7.46. The standard InChI is InChI=1S/C9H18N2S/c10-5-9(11-8-1-2-8)7-3-4-12-6-7/h7-9,11H,1-6,10H2. The summed E-state index contributed by atoms with van der Waals surface area (Å²) in [6.45, 7) is 0.821. The summed E-state index contributed by atoms with van der Waals surface area (Å²) in [6, 6.07) is 1.41. The summed E-state index contributed by atoms with van der Waals surface area (Å²) in [4.78, 5) is 0. The van der Waals surface area contributed by atoms with E-state index in [0.29, 0.717) is 6.04 Å². The van der Waals surface area contributed by atoms with Crippen molar-refractivity contribution in [3.63, 3.8) is 0 Å². The average Bonchev–Trinajstić information content (AvgIpc) is 2.74. The Morgan fingerprint density at radius 2 is 2.25 bits per heavy atom. The Hall–Kier alpha value is 0.270. The first kappa shape index (κ1) is 8.85. The van der Waals surface area contributed by atoms with Crippen molar-refractivity contribution >= 4 is 11.8 Å². The number of thioether (sulfide) groups is 1. The van der Waals surface area contributed by atoms with Crippen LogP contribution in [0.3, 0.4) is 0 Å². The lowest BCUT2D eigenvalue weighted by Crippen LogP contribution is -2.43. The van der Waals surface area contributed by atoms with Crippen LogP contribution in [0.15, 0.2) is 0 Å². The van der Waals surface area contributed by atoms with Gasteiger partial charge in [-0.25, -0.2) is 0 Å². The zero-order chi connectivity index (χ0) is 8.39. The molecule has 2 fully saturated rings. The fraction of sp³-hybridized carbons (Fsp3) is 1.00. The minimum Gasteiger partial charge on any atom is -0.329 e. The molecular weight excluding hydrogens is 168 g/mol. The predicted octanol–water partition coefficient (Wildman–Crippen LogP) is 0.819. The van der Waals surface area contributed by atoms with Crippen molar-refractivity contribution in [2.45, 2.75) is 31.3 Å². The van der Waals surface area contributed by atoms with E-state index in [1.54, 1.807) is 0 Å². The fourth-order valence-electron chi connectivity index (χ4n) is 1.82. The SMILES string of the molecule is NCC(NC1CC1)C1CCSC1. The molecule has 2 atom stereocenters. The van der Waals surface area contributed by atoms with Gasteiger partial charge in [-0.15, -0.1) is 0 Å². The maximum Gasteiger partial charge on any atom is 0.0229 e. The van der Waals surface area contributed by atoms with Crippen LogP contribution in [0.25, 0.3) is 0 Å². The number of nitrogens with one attached hydrogen (secondary N) is 1. The Balaban J connectivity index is 1.78. The van der Waals surface area contributed by atoms with Crippen LogP contribution in [0.1, 0.15) is 19.3 Å². The number of hydrogen-bond acceptors (Lipinski definition) is 3. The summed E-state index contributed by atoms with van der Waals surface area (Å²) >= 11 is 2.08. The van der Waals surface area contributed by atoms with Gasteiger partial charge < -0.3 is 11.1 Å². The first-order valence-electron chi connectivity index (χ1n) is 4.94. The van der Waals surface area contributed by atoms with Gasteiger partial charge in [0.05, 0.1) is 0 Å². The highest BCUT2D eigenvalue weighted by atomic mass is 32.2. The monoisotopic (exact) mass is 186 g/mol. The molecule has 12 heavy (non-hydrogen) atoms. The van der Waals surface area contributed by atoms with Crippen molar-refractivity contribution in [1.82, 2.24) is 5.32 Å². The minimum absolute atomic E-state index is 0.604. The molecule has 3 N–H and O–H groups in total. The van der Waals surface area contributed by atoms with E-state index in [1.807, 2.05) is 0 Å². The molecule has 1 saturated carbocycles. The lowest BCUT2D eigenvalue weighted by Gasteiger charge is -2.22. The number of rotatable bonds is 4. The number of hydrogen-bond donors (Lipinski definition) is 2. The Labute approximate surface area is 78.7 Å². The fourth-order valence-corrected chi connectivity index (χ4v) is 3.16. The van der Waals surface area contributed by atoms with Crippen LogP contribution >= 0.6 is 11.8 Å². The van der Waals surface area contributed by atoms with E-state index in [9.17, 15) is 0 Å². The summed E-state index contributed by atoms with van der Waals surface area (Å²) in [6.07, 6.45) is 4.11. The van der Waals surface area contributed by atoms with Crippen LogP contribution < -0.4 is 11.1 Å². The molecule has 0 amide bonds. The molecule has 70 valence electrons. The first-order valence-corrected chi connectivity index (χ1v) is 6.09. The van der Waals surface area contributed by atoms with Crippen LogP contribution in [0.4, 0.5) is 0 Å². The van der Waals surface area contributed by atoms with E-state index < -0.39 is 0 Å². The molecule has 0 spiro atoms. The van der Waals surface area contributed by atoms with E-state index in [1.165, 1.54) is 30.8 Å². The van der Waals surface area contributed by atoms with Crippen LogP contribution in [0.5, 0.6) is 0 Å². The van der Waals surface area contributed by atoms with Gasteiger partial charge in [0, 0.05) is 18.6 Å². The van der Waals surface area contributed by atoms with Gasteiger partial charge in [-0.05, 0) is 36.7 Å². The largest absolute Gasteiger partial charge is 0.329 e. The summed E-state index contributed by atoms with van der Waals surface area (Å²) in [5.74, 6) is 3.51. The van der Waals surface area contributed by atoms with Crippen molar-refractivity contribution in [3.05, 3.63) is 0 Å². The maximum atomic E-state index is 5.76. The van der Waals surface area contributed by atoms with Crippen molar-refractivity contribution in [2.75, 3.05) is 18.1 Å². The first-order chi connectivity index (χ1) is 5.90. The number of nitrogens with two attached hydrogens (primary N) is 1. The Bertz CT molecular complexity index is 141. The molecule has 0 bridgehead atoms. The van der Waals surface area contributed by atoms with Crippen LogP contribution in [0, 0.1) is 5.92 Å². The van der Waals surface area contributed by atoms with Gasteiger partial charge >= 0.3 is 0 Å². The van der Waals surface area contributed by atoms with Gasteiger partial charge in [-0.2, -0.15) is 11.8 Å². The predicted molar refractivity (Wildman–Crippen MR) is 54.4 cm³/mol. The van der Waals surface area contributed by atoms with Gasteiger partial charge in [-0.1, -0.05) is 0 Å². The Morgan fingerprint density at radius 3 is 2.75 bits per heavy atom. The molecule has 2 unspecified atom stereocenters. The topological polar surface area (TPSA) is 38.0 Å². The van der Waals surface area contributed by atoms with Gasteiger partial charge in [-0.3, -0.25) is 0 Å². The summed E-state index contributed by atoms with van der Waals surface area (Å²) in [5, 5.41) is 3.64. The maximum absolute atomic E-state index is 5.76. The van der Waals surface area contributed by atoms with Crippen molar-refractivity contribution in [3.8, 4) is 0 Å². The second-order valence-corrected chi connectivity index (χ2v) is 5.06. The smallest absolute Gasteiger partial charge is 0.0229 e. The normalized spacial score (nSPS) is 32.2. The van der Waals surface area contributed by atoms with Gasteiger partial charge in [0.15, 0.2) is 0 Å². The molecule has 2 nitrogen and oxygen atoms in total. The van der Waals surface area contributed by atoms with E-state index in [0.717, 1.165) is 18.5 Å². The van der Waals surface area contributed by atoms with Crippen molar-refractivity contribution < 1.29 is 0 Å². The average molecular weight is 186 g/mol. The quantitative estimate of drug-likeness (QED) is 0.682. The summed E-state index contributed by atoms with van der Waals surface area (Å²) < 4.78 is 0. The lowest BCUT2D eigenvalue weighted by molar-refractivity contribution is 0.386. The molecule has 1 heterocycles. The van der Waals surface area contributed by atoms with Crippen molar-refractivity contribution in [2.24, 2.45) is 11.7 Å². The van der Waals surface area contributed by atoms with Crippen molar-refractivity contribution in [1.29, 1.82) is 0 Å². The molecule has 3 heteroatoms. The summed E-state index contributed by atoms with van der Waals surface area (Å²) in [5.41, 5.74) is 5.76. The minimum atomic E-state index is 0.604. The molecule has 0 aromatic carbocycles. The molecule has 1 aliphatic heterocycles. The third-order valence-electron chi connectivity index (χ3n) is 2.82. The molecule has 0 radical (unpaired) electrons. The van der Waals surface area contributed by atoms with Gasteiger partial charge in [0.25, 0.3) is 0 Å². The van der Waals surface area contributed by atoms with Gasteiger partial charge in [0.1, 0.15) is 0 Å². The highest BCUT2D eigenvalue weighted by Crippen LogP contribution is 2.28. The summed E-state index contributed by atoms with van der Waals surface area (Å²) in [7, 11) is 0. The second-order valence-electron chi connectivity index (χ2n) is 3.91. The Kier molecular flexibility index (Phi) is 2.94. The Morgan fingerprint density at radius 1 is 1.42 bits per heavy atom. The van der Waals surface area contributed by atoms with E-state index in [-0.39, 0.29) is 0 Å². The van der Waals surface area contributed by atoms with Crippen LogP contribution in [-0.4, -0.2) is 30.1 Å². The molecule has 1 saturated heterocycles. The molecule has 1 aliphatic carbocycles. The highest BCUT2D eigenvalue weighted by molar-refractivity contribution is 7.99. The van der Waals surface area contributed by atoms with Crippen LogP contribution in [-0.2, 0) is 0 Å². The molecular formula is C9H18N2S. The van der Waals surface area contributed by atoms with E-state index in [4.69, 9.17) is 5.73 Å². The highest BCUT2D eigenvalue weighted by Gasteiger charge is 2.29. The molecule has 0 aromatic heterocycles. The molecule has 2 aliphatic rings. The molecule has 2 rings (SSSR count). The molecule has 0 aromatic rings. The van der Waals surface area contributed by atoms with E-state index >= 15 is 0 Å². The second kappa shape index (κ2) is 3.99. The third-order valence-corrected chi connectivity index (χ3v) is 4.00. The lowest BCUT2D eigenvalue weighted by atomic mass is 9.99. The zero-order valence-corrected chi connectivity index (χ0v) is 8.28. The third kappa shape index (κ3) is 2.15.